The van der Waals surface area contributed by atoms with E-state index in [-0.39, 0.29) is 0 Å². The molecule has 1 fully saturated rings. The molecule has 0 atom stereocenters. The van der Waals surface area contributed by atoms with E-state index in [0.717, 1.165) is 6.42 Å². The van der Waals surface area contributed by atoms with E-state index in [1.165, 1.54) is 49.7 Å². The van der Waals surface area contributed by atoms with Crippen LogP contribution < -0.4 is 0 Å². The van der Waals surface area contributed by atoms with Crippen LogP contribution in [0.4, 0.5) is 0 Å². The quantitative estimate of drug-likeness (QED) is 0.794. The van der Waals surface area contributed by atoms with Gasteiger partial charge in [0.05, 0.1) is 0 Å². The summed E-state index contributed by atoms with van der Waals surface area (Å²) in [4.78, 5) is 0. The molecule has 0 aliphatic heterocycles. The fraction of sp³-hybridized carbons (Fsp3) is 0.600. The van der Waals surface area contributed by atoms with Crippen molar-refractivity contribution >= 4 is 0 Å². The van der Waals surface area contributed by atoms with Gasteiger partial charge >= 0.3 is 0 Å². The third-order valence-corrected chi connectivity index (χ3v) is 3.74. The highest BCUT2D eigenvalue weighted by molar-refractivity contribution is 5.42. The van der Waals surface area contributed by atoms with Crippen LogP contribution in [0.3, 0.4) is 0 Å². The highest BCUT2D eigenvalue weighted by atomic mass is 16.3. The Balaban J connectivity index is 2.24. The van der Waals surface area contributed by atoms with Crippen molar-refractivity contribution in [1.29, 1.82) is 0 Å². The van der Waals surface area contributed by atoms with E-state index >= 15 is 0 Å². The average molecular weight is 218 g/mol. The van der Waals surface area contributed by atoms with Gasteiger partial charge in [0.2, 0.25) is 0 Å². The van der Waals surface area contributed by atoms with Gasteiger partial charge in [0.15, 0.2) is 0 Å². The first-order chi connectivity index (χ1) is 7.83. The van der Waals surface area contributed by atoms with Gasteiger partial charge in [-0.2, -0.15) is 0 Å². The molecule has 0 amide bonds. The van der Waals surface area contributed by atoms with Gasteiger partial charge in [-0.3, -0.25) is 0 Å². The van der Waals surface area contributed by atoms with Crippen molar-refractivity contribution in [3.63, 3.8) is 0 Å². The first-order valence-corrected chi connectivity index (χ1v) is 6.63. The SMILES string of the molecule is CCCCc1cccc(O)c1C1CCCC1. The largest absolute Gasteiger partial charge is 0.508 e. The summed E-state index contributed by atoms with van der Waals surface area (Å²) in [5.41, 5.74) is 2.64. The molecule has 88 valence electrons. The molecule has 0 bridgehead atoms. The number of phenolic OH excluding ortho intramolecular Hbond substituents is 1. The van der Waals surface area contributed by atoms with Crippen molar-refractivity contribution in [3.05, 3.63) is 29.3 Å². The van der Waals surface area contributed by atoms with Crippen LogP contribution >= 0.6 is 0 Å². The Labute approximate surface area is 98.5 Å². The lowest BCUT2D eigenvalue weighted by molar-refractivity contribution is 0.459. The summed E-state index contributed by atoms with van der Waals surface area (Å²) < 4.78 is 0. The predicted molar refractivity (Wildman–Crippen MR) is 67.9 cm³/mol. The van der Waals surface area contributed by atoms with Crippen LogP contribution in [0.25, 0.3) is 0 Å². The first-order valence-electron chi connectivity index (χ1n) is 6.63. The Morgan fingerprint density at radius 3 is 2.69 bits per heavy atom. The minimum atomic E-state index is 0.528. The smallest absolute Gasteiger partial charge is 0.119 e. The molecule has 0 spiro atoms. The minimum Gasteiger partial charge on any atom is -0.508 e. The number of benzene rings is 1. The molecule has 1 heteroatoms. The van der Waals surface area contributed by atoms with Crippen molar-refractivity contribution in [2.24, 2.45) is 0 Å². The molecular formula is C15H22O. The number of unbranched alkanes of at least 4 members (excludes halogenated alkanes) is 1. The summed E-state index contributed by atoms with van der Waals surface area (Å²) in [7, 11) is 0. The van der Waals surface area contributed by atoms with Gasteiger partial charge in [-0.15, -0.1) is 0 Å². The Morgan fingerprint density at radius 2 is 2.00 bits per heavy atom. The van der Waals surface area contributed by atoms with Crippen LogP contribution in [-0.4, -0.2) is 5.11 Å². The zero-order valence-corrected chi connectivity index (χ0v) is 10.2. The van der Waals surface area contributed by atoms with E-state index in [1.807, 2.05) is 12.1 Å². The van der Waals surface area contributed by atoms with E-state index in [0.29, 0.717) is 11.7 Å². The second kappa shape index (κ2) is 5.38. The zero-order chi connectivity index (χ0) is 11.4. The second-order valence-electron chi connectivity index (χ2n) is 4.93. The molecule has 0 aromatic heterocycles. The minimum absolute atomic E-state index is 0.528. The van der Waals surface area contributed by atoms with Gasteiger partial charge in [-0.05, 0) is 43.2 Å². The Hall–Kier alpha value is -0.980. The molecule has 1 saturated carbocycles. The second-order valence-corrected chi connectivity index (χ2v) is 4.93. The fourth-order valence-electron chi connectivity index (χ4n) is 2.87. The van der Waals surface area contributed by atoms with Crippen LogP contribution in [0.5, 0.6) is 5.75 Å². The Morgan fingerprint density at radius 1 is 1.25 bits per heavy atom. The maximum absolute atomic E-state index is 10.1. The average Bonchev–Trinajstić information content (AvgIpc) is 2.79. The molecular weight excluding hydrogens is 196 g/mol. The predicted octanol–water partition coefficient (Wildman–Crippen LogP) is 4.39. The van der Waals surface area contributed by atoms with Gasteiger partial charge in [0.1, 0.15) is 5.75 Å². The highest BCUT2D eigenvalue weighted by Crippen LogP contribution is 2.40. The number of phenols is 1. The van der Waals surface area contributed by atoms with Crippen molar-refractivity contribution in [3.8, 4) is 5.75 Å². The topological polar surface area (TPSA) is 20.2 Å². The van der Waals surface area contributed by atoms with Gasteiger partial charge in [-0.25, -0.2) is 0 Å². The Bertz CT molecular complexity index is 337. The highest BCUT2D eigenvalue weighted by Gasteiger charge is 2.22. The number of hydrogen-bond donors (Lipinski definition) is 1. The summed E-state index contributed by atoms with van der Waals surface area (Å²) in [5.74, 6) is 1.15. The van der Waals surface area contributed by atoms with Crippen LogP contribution in [0, 0.1) is 0 Å². The van der Waals surface area contributed by atoms with E-state index in [2.05, 4.69) is 13.0 Å². The number of rotatable bonds is 4. The molecule has 1 aromatic carbocycles. The first kappa shape index (κ1) is 11.5. The van der Waals surface area contributed by atoms with Gasteiger partial charge < -0.3 is 5.11 Å². The fourth-order valence-corrected chi connectivity index (χ4v) is 2.87. The molecule has 0 saturated heterocycles. The molecule has 16 heavy (non-hydrogen) atoms. The monoisotopic (exact) mass is 218 g/mol. The van der Waals surface area contributed by atoms with E-state index in [4.69, 9.17) is 0 Å². The third kappa shape index (κ3) is 2.40. The van der Waals surface area contributed by atoms with E-state index in [1.54, 1.807) is 0 Å². The van der Waals surface area contributed by atoms with Crippen molar-refractivity contribution in [2.75, 3.05) is 0 Å². The van der Waals surface area contributed by atoms with Crippen molar-refractivity contribution in [1.82, 2.24) is 0 Å². The molecule has 0 heterocycles. The maximum Gasteiger partial charge on any atom is 0.119 e. The van der Waals surface area contributed by atoms with Crippen LogP contribution in [0.2, 0.25) is 0 Å². The molecule has 0 radical (unpaired) electrons. The summed E-state index contributed by atoms with van der Waals surface area (Å²) in [5, 5.41) is 10.1. The standard InChI is InChI=1S/C15H22O/c1-2-3-7-12-10-6-11-14(16)15(12)13-8-4-5-9-13/h6,10-11,13,16H,2-5,7-9H2,1H3. The maximum atomic E-state index is 10.1. The normalized spacial score (nSPS) is 16.8. The molecule has 1 aliphatic rings. The van der Waals surface area contributed by atoms with Crippen LogP contribution in [0.1, 0.15) is 62.5 Å². The number of aryl methyl sites for hydroxylation is 1. The van der Waals surface area contributed by atoms with E-state index < -0.39 is 0 Å². The lowest BCUT2D eigenvalue weighted by Gasteiger charge is -2.16. The molecule has 1 nitrogen and oxygen atoms in total. The molecule has 1 aromatic rings. The summed E-state index contributed by atoms with van der Waals surface area (Å²) in [6, 6.07) is 6.03. The van der Waals surface area contributed by atoms with Crippen LogP contribution in [-0.2, 0) is 6.42 Å². The Kier molecular flexibility index (Phi) is 3.87. The number of hydrogen-bond acceptors (Lipinski definition) is 1. The van der Waals surface area contributed by atoms with Gasteiger partial charge in [-0.1, -0.05) is 38.3 Å². The van der Waals surface area contributed by atoms with Gasteiger partial charge in [0, 0.05) is 5.56 Å². The molecule has 1 aliphatic carbocycles. The third-order valence-electron chi connectivity index (χ3n) is 3.74. The molecule has 2 rings (SSSR count). The zero-order valence-electron chi connectivity index (χ0n) is 10.2. The van der Waals surface area contributed by atoms with Crippen LogP contribution in [0.15, 0.2) is 18.2 Å². The molecule has 0 unspecified atom stereocenters. The van der Waals surface area contributed by atoms with Crippen molar-refractivity contribution < 1.29 is 5.11 Å². The summed E-state index contributed by atoms with van der Waals surface area (Å²) in [6.07, 6.45) is 8.74. The summed E-state index contributed by atoms with van der Waals surface area (Å²) in [6.45, 7) is 2.22. The lowest BCUT2D eigenvalue weighted by atomic mass is 9.90. The lowest BCUT2D eigenvalue weighted by Crippen LogP contribution is -2.00. The van der Waals surface area contributed by atoms with Crippen molar-refractivity contribution in [2.45, 2.75) is 57.8 Å². The van der Waals surface area contributed by atoms with E-state index in [9.17, 15) is 5.11 Å². The number of aromatic hydroxyl groups is 1. The molecule has 1 N–H and O–H groups in total. The summed E-state index contributed by atoms with van der Waals surface area (Å²) >= 11 is 0. The van der Waals surface area contributed by atoms with Gasteiger partial charge in [0.25, 0.3) is 0 Å².